The Bertz CT molecular complexity index is 770. The molecular weight excluding hydrogens is 320 g/mol. The highest BCUT2D eigenvalue weighted by Gasteiger charge is 2.25. The predicted molar refractivity (Wildman–Crippen MR) is 90.8 cm³/mol. The van der Waals surface area contributed by atoms with Crippen LogP contribution in [0.2, 0.25) is 0 Å². The van der Waals surface area contributed by atoms with Crippen LogP contribution >= 0.6 is 0 Å². The van der Waals surface area contributed by atoms with Gasteiger partial charge in [0.2, 0.25) is 5.91 Å². The number of piperazine rings is 1. The number of carbonyl (C=O) groups is 2. The van der Waals surface area contributed by atoms with Crippen molar-refractivity contribution in [3.8, 4) is 6.07 Å². The number of hydrogen-bond acceptors (Lipinski definition) is 5. The summed E-state index contributed by atoms with van der Waals surface area (Å²) in [5.74, 6) is 0.157. The molecule has 2 amide bonds. The number of nitriles is 1. The fourth-order valence-corrected chi connectivity index (χ4v) is 2.67. The van der Waals surface area contributed by atoms with Crippen molar-refractivity contribution >= 4 is 17.5 Å². The molecule has 2 aromatic rings. The number of carbonyl (C=O) groups excluding carboxylic acids is 2. The molecule has 1 aliphatic heterocycles. The van der Waals surface area contributed by atoms with Crippen LogP contribution in [0.15, 0.2) is 47.1 Å². The molecule has 7 heteroatoms. The van der Waals surface area contributed by atoms with Crippen molar-refractivity contribution in [1.82, 2.24) is 9.80 Å². The lowest BCUT2D eigenvalue weighted by molar-refractivity contribution is -0.130. The van der Waals surface area contributed by atoms with E-state index in [1.807, 2.05) is 0 Å². The molecule has 0 unspecified atom stereocenters. The van der Waals surface area contributed by atoms with Crippen molar-refractivity contribution in [2.24, 2.45) is 0 Å². The van der Waals surface area contributed by atoms with Gasteiger partial charge in [0.25, 0.3) is 5.91 Å². The highest BCUT2D eigenvalue weighted by Crippen LogP contribution is 2.11. The number of nitrogens with zero attached hydrogens (tertiary/aromatic N) is 3. The molecule has 0 radical (unpaired) electrons. The summed E-state index contributed by atoms with van der Waals surface area (Å²) in [6.07, 6.45) is 1.47. The smallest absolute Gasteiger partial charge is 0.289 e. The fraction of sp³-hybridized carbons (Fsp3) is 0.278. The number of furan rings is 1. The second-order valence-electron chi connectivity index (χ2n) is 5.69. The molecule has 0 aliphatic carbocycles. The average Bonchev–Trinajstić information content (AvgIpc) is 3.21. The van der Waals surface area contributed by atoms with Crippen LogP contribution in [0.4, 0.5) is 5.69 Å². The lowest BCUT2D eigenvalue weighted by atomic mass is 10.2. The van der Waals surface area contributed by atoms with Gasteiger partial charge >= 0.3 is 0 Å². The van der Waals surface area contributed by atoms with Crippen molar-refractivity contribution in [3.63, 3.8) is 0 Å². The second-order valence-corrected chi connectivity index (χ2v) is 5.69. The van der Waals surface area contributed by atoms with E-state index in [1.54, 1.807) is 46.2 Å². The largest absolute Gasteiger partial charge is 0.459 e. The third-order valence-electron chi connectivity index (χ3n) is 4.11. The van der Waals surface area contributed by atoms with Crippen molar-refractivity contribution < 1.29 is 14.0 Å². The maximum absolute atomic E-state index is 12.3. The summed E-state index contributed by atoms with van der Waals surface area (Å²) in [6, 6.07) is 12.3. The lowest BCUT2D eigenvalue weighted by Crippen LogP contribution is -2.51. The molecule has 2 heterocycles. The number of amides is 2. The minimum absolute atomic E-state index is 0.0190. The van der Waals surface area contributed by atoms with Crippen LogP contribution in [0.25, 0.3) is 0 Å². The van der Waals surface area contributed by atoms with Gasteiger partial charge in [0.1, 0.15) is 0 Å². The molecule has 1 aromatic heterocycles. The summed E-state index contributed by atoms with van der Waals surface area (Å²) >= 11 is 0. The van der Waals surface area contributed by atoms with E-state index in [2.05, 4.69) is 11.4 Å². The number of hydrogen-bond donors (Lipinski definition) is 1. The van der Waals surface area contributed by atoms with Crippen LogP contribution in [0.3, 0.4) is 0 Å². The van der Waals surface area contributed by atoms with E-state index in [0.717, 1.165) is 5.69 Å². The molecule has 7 nitrogen and oxygen atoms in total. The highest BCUT2D eigenvalue weighted by molar-refractivity contribution is 5.91. The van der Waals surface area contributed by atoms with Gasteiger partial charge in [0.05, 0.1) is 24.4 Å². The zero-order chi connectivity index (χ0) is 17.6. The van der Waals surface area contributed by atoms with E-state index in [-0.39, 0.29) is 18.4 Å². The van der Waals surface area contributed by atoms with Gasteiger partial charge in [-0.1, -0.05) is 0 Å². The average molecular weight is 338 g/mol. The summed E-state index contributed by atoms with van der Waals surface area (Å²) in [6.45, 7) is 2.16. The van der Waals surface area contributed by atoms with Crippen LogP contribution < -0.4 is 5.32 Å². The first-order chi connectivity index (χ1) is 12.2. The van der Waals surface area contributed by atoms with Gasteiger partial charge in [-0.15, -0.1) is 0 Å². The monoisotopic (exact) mass is 338 g/mol. The Balaban J connectivity index is 1.46. The summed E-state index contributed by atoms with van der Waals surface area (Å²) in [4.78, 5) is 27.9. The van der Waals surface area contributed by atoms with Gasteiger partial charge in [0.15, 0.2) is 5.76 Å². The van der Waals surface area contributed by atoms with Crippen LogP contribution in [-0.2, 0) is 4.79 Å². The van der Waals surface area contributed by atoms with E-state index in [1.165, 1.54) is 6.26 Å². The third-order valence-corrected chi connectivity index (χ3v) is 4.11. The molecule has 1 saturated heterocycles. The minimum atomic E-state index is -0.146. The topological polar surface area (TPSA) is 89.6 Å². The molecule has 0 spiro atoms. The van der Waals surface area contributed by atoms with E-state index in [4.69, 9.17) is 9.68 Å². The Labute approximate surface area is 145 Å². The maximum Gasteiger partial charge on any atom is 0.289 e. The first-order valence-corrected chi connectivity index (χ1v) is 8.02. The van der Waals surface area contributed by atoms with Gasteiger partial charge in [-0.05, 0) is 36.4 Å². The molecule has 0 atom stereocenters. The molecule has 3 rings (SSSR count). The summed E-state index contributed by atoms with van der Waals surface area (Å²) < 4.78 is 5.12. The Hall–Kier alpha value is -3.27. The number of benzene rings is 1. The standard InChI is InChI=1S/C18H18N4O3/c19-12-14-3-5-15(6-4-14)20-13-17(23)21-7-9-22(10-8-21)18(24)16-2-1-11-25-16/h1-6,11,20H,7-10,13H2. The van der Waals surface area contributed by atoms with Crippen LogP contribution in [0.1, 0.15) is 16.1 Å². The molecule has 1 aromatic carbocycles. The number of rotatable bonds is 4. The minimum Gasteiger partial charge on any atom is -0.459 e. The van der Waals surface area contributed by atoms with Gasteiger partial charge in [-0.3, -0.25) is 9.59 Å². The first kappa shape index (κ1) is 16.6. The van der Waals surface area contributed by atoms with Crippen LogP contribution in [-0.4, -0.2) is 54.3 Å². The Morgan fingerprint density at radius 1 is 1.08 bits per heavy atom. The van der Waals surface area contributed by atoms with E-state index in [0.29, 0.717) is 37.5 Å². The van der Waals surface area contributed by atoms with Gasteiger partial charge in [-0.25, -0.2) is 0 Å². The van der Waals surface area contributed by atoms with Crippen LogP contribution in [0, 0.1) is 11.3 Å². The van der Waals surface area contributed by atoms with Crippen molar-refractivity contribution in [2.45, 2.75) is 0 Å². The SMILES string of the molecule is N#Cc1ccc(NCC(=O)N2CCN(C(=O)c3ccco3)CC2)cc1. The molecule has 0 saturated carbocycles. The van der Waals surface area contributed by atoms with E-state index >= 15 is 0 Å². The number of anilines is 1. The predicted octanol–water partition coefficient (Wildman–Crippen LogP) is 1.55. The second kappa shape index (κ2) is 7.53. The molecule has 1 fully saturated rings. The van der Waals surface area contributed by atoms with Crippen molar-refractivity contribution in [2.75, 3.05) is 38.0 Å². The summed E-state index contributed by atoms with van der Waals surface area (Å²) in [5.41, 5.74) is 1.37. The van der Waals surface area contributed by atoms with Gasteiger partial charge in [0, 0.05) is 31.9 Å². The highest BCUT2D eigenvalue weighted by atomic mass is 16.3. The van der Waals surface area contributed by atoms with E-state index < -0.39 is 0 Å². The Morgan fingerprint density at radius 3 is 2.36 bits per heavy atom. The molecule has 0 bridgehead atoms. The van der Waals surface area contributed by atoms with Crippen molar-refractivity contribution in [3.05, 3.63) is 54.0 Å². The first-order valence-electron chi connectivity index (χ1n) is 8.02. The zero-order valence-corrected chi connectivity index (χ0v) is 13.6. The maximum atomic E-state index is 12.3. The number of nitrogens with one attached hydrogen (secondary N) is 1. The fourth-order valence-electron chi connectivity index (χ4n) is 2.67. The summed E-state index contributed by atoms with van der Waals surface area (Å²) in [5, 5.41) is 11.8. The Kier molecular flexibility index (Phi) is 5.00. The Morgan fingerprint density at radius 2 is 1.76 bits per heavy atom. The molecular formula is C18H18N4O3. The van der Waals surface area contributed by atoms with Crippen molar-refractivity contribution in [1.29, 1.82) is 5.26 Å². The molecule has 1 aliphatic rings. The molecule has 128 valence electrons. The quantitative estimate of drug-likeness (QED) is 0.913. The summed E-state index contributed by atoms with van der Waals surface area (Å²) in [7, 11) is 0. The van der Waals surface area contributed by atoms with Gasteiger partial charge < -0.3 is 19.5 Å². The normalized spacial score (nSPS) is 14.0. The molecule has 25 heavy (non-hydrogen) atoms. The van der Waals surface area contributed by atoms with Gasteiger partial charge in [-0.2, -0.15) is 5.26 Å². The zero-order valence-electron chi connectivity index (χ0n) is 13.6. The van der Waals surface area contributed by atoms with Crippen LogP contribution in [0.5, 0.6) is 0 Å². The third kappa shape index (κ3) is 3.98. The molecule has 1 N–H and O–H groups in total. The van der Waals surface area contributed by atoms with E-state index in [9.17, 15) is 9.59 Å². The lowest BCUT2D eigenvalue weighted by Gasteiger charge is -2.34.